The van der Waals surface area contributed by atoms with Crippen molar-refractivity contribution in [3.8, 4) is 0 Å². The highest BCUT2D eigenvalue weighted by molar-refractivity contribution is 6.11. The normalized spacial score (nSPS) is 10.7. The van der Waals surface area contributed by atoms with Gasteiger partial charge in [-0.1, -0.05) is 48.5 Å². The molecule has 0 aliphatic rings. The summed E-state index contributed by atoms with van der Waals surface area (Å²) in [5.74, 6) is -0.0168. The second-order valence-corrected chi connectivity index (χ2v) is 6.57. The zero-order valence-corrected chi connectivity index (χ0v) is 15.9. The fourth-order valence-corrected chi connectivity index (χ4v) is 2.97. The molecule has 8 heteroatoms. The van der Waals surface area contributed by atoms with Gasteiger partial charge in [-0.15, -0.1) is 5.10 Å². The number of nitrogens with zero attached hydrogens (tertiary/aromatic N) is 4. The second-order valence-electron chi connectivity index (χ2n) is 6.57. The van der Waals surface area contributed by atoms with Crippen LogP contribution >= 0.6 is 0 Å². The van der Waals surface area contributed by atoms with E-state index in [0.29, 0.717) is 16.9 Å². The zero-order chi connectivity index (χ0) is 20.9. The van der Waals surface area contributed by atoms with Gasteiger partial charge in [0.15, 0.2) is 0 Å². The number of halogens is 2. The van der Waals surface area contributed by atoms with Crippen molar-refractivity contribution in [1.82, 2.24) is 19.7 Å². The number of aromatic nitrogens is 4. The predicted molar refractivity (Wildman–Crippen MR) is 109 cm³/mol. The molecule has 0 saturated carbocycles. The molecule has 2 aromatic heterocycles. The van der Waals surface area contributed by atoms with Crippen molar-refractivity contribution in [1.29, 1.82) is 5.41 Å². The largest absolute Gasteiger partial charge is 0.365 e. The summed E-state index contributed by atoms with van der Waals surface area (Å²) in [4.78, 5) is 8.04. The summed E-state index contributed by atoms with van der Waals surface area (Å²) in [6.07, 6.45) is 0.783. The molecule has 0 bridgehead atoms. The smallest absolute Gasteiger partial charge is 0.308 e. The minimum absolute atomic E-state index is 0.0506. The zero-order valence-electron chi connectivity index (χ0n) is 15.9. The Morgan fingerprint density at radius 2 is 1.73 bits per heavy atom. The molecule has 2 heterocycles. The molecule has 2 N–H and O–H groups in total. The van der Waals surface area contributed by atoms with E-state index in [4.69, 9.17) is 5.41 Å². The molecule has 0 fully saturated rings. The third-order valence-electron chi connectivity index (χ3n) is 4.51. The highest BCUT2D eigenvalue weighted by atomic mass is 19.1. The Morgan fingerprint density at radius 1 is 0.967 bits per heavy atom. The summed E-state index contributed by atoms with van der Waals surface area (Å²) in [6.45, 7) is 0.395. The lowest BCUT2D eigenvalue weighted by molar-refractivity contribution is 0.457. The van der Waals surface area contributed by atoms with E-state index < -0.39 is 6.08 Å². The summed E-state index contributed by atoms with van der Waals surface area (Å²) < 4.78 is 29.3. The SMILES string of the molecule is N=C(c1nc(F)n(Cc2ccccc2)n1)c1cccnc1NCc1ccccc1F. The van der Waals surface area contributed by atoms with E-state index in [1.54, 1.807) is 36.5 Å². The van der Waals surface area contributed by atoms with Gasteiger partial charge in [-0.3, -0.25) is 5.41 Å². The number of nitrogens with one attached hydrogen (secondary N) is 2. The molecule has 0 radical (unpaired) electrons. The Bertz CT molecular complexity index is 1170. The van der Waals surface area contributed by atoms with Crippen LogP contribution in [-0.2, 0) is 13.1 Å². The first kappa shape index (κ1) is 19.4. The third-order valence-corrected chi connectivity index (χ3v) is 4.51. The van der Waals surface area contributed by atoms with Crippen LogP contribution in [0.25, 0.3) is 0 Å². The number of hydrogen-bond donors (Lipinski definition) is 2. The van der Waals surface area contributed by atoms with Gasteiger partial charge in [0.2, 0.25) is 5.82 Å². The summed E-state index contributed by atoms with van der Waals surface area (Å²) in [5.41, 5.74) is 1.65. The van der Waals surface area contributed by atoms with Crippen molar-refractivity contribution < 1.29 is 8.78 Å². The van der Waals surface area contributed by atoms with Gasteiger partial charge in [0.05, 0.1) is 6.54 Å². The van der Waals surface area contributed by atoms with E-state index >= 15 is 0 Å². The average molecular weight is 404 g/mol. The van der Waals surface area contributed by atoms with Crippen molar-refractivity contribution in [3.63, 3.8) is 0 Å². The van der Waals surface area contributed by atoms with E-state index in [-0.39, 0.29) is 30.4 Å². The quantitative estimate of drug-likeness (QED) is 0.456. The molecule has 0 atom stereocenters. The average Bonchev–Trinajstić information content (AvgIpc) is 3.14. The van der Waals surface area contributed by atoms with Crippen LogP contribution in [-0.4, -0.2) is 25.5 Å². The molecular weight excluding hydrogens is 386 g/mol. The topological polar surface area (TPSA) is 79.5 Å². The molecule has 0 amide bonds. The standard InChI is InChI=1S/C22H18F2N6/c23-18-11-5-4-9-16(18)13-27-20-17(10-6-12-26-20)19(25)21-28-22(24)30(29-21)14-15-7-2-1-3-8-15/h1-12,25H,13-14H2,(H,26,27). The maximum absolute atomic E-state index is 14.3. The van der Waals surface area contributed by atoms with Crippen LogP contribution in [0.15, 0.2) is 72.9 Å². The first-order valence-corrected chi connectivity index (χ1v) is 9.27. The molecule has 0 saturated heterocycles. The van der Waals surface area contributed by atoms with Gasteiger partial charge in [0.25, 0.3) is 0 Å². The second kappa shape index (κ2) is 8.60. The highest BCUT2D eigenvalue weighted by Crippen LogP contribution is 2.17. The lowest BCUT2D eigenvalue weighted by atomic mass is 10.1. The predicted octanol–water partition coefficient (Wildman–Crippen LogP) is 4.03. The van der Waals surface area contributed by atoms with Gasteiger partial charge in [-0.05, 0) is 23.8 Å². The summed E-state index contributed by atoms with van der Waals surface area (Å²) in [5, 5.41) is 15.6. The van der Waals surface area contributed by atoms with E-state index in [1.807, 2.05) is 30.3 Å². The van der Waals surface area contributed by atoms with Crippen molar-refractivity contribution in [3.05, 3.63) is 107 Å². The van der Waals surface area contributed by atoms with Crippen LogP contribution in [0.1, 0.15) is 22.5 Å². The van der Waals surface area contributed by atoms with Gasteiger partial charge in [-0.25, -0.2) is 14.1 Å². The molecule has 30 heavy (non-hydrogen) atoms. The Hall–Kier alpha value is -3.94. The Labute approximate surface area is 171 Å². The molecule has 4 rings (SSSR count). The molecule has 0 aliphatic heterocycles. The lowest BCUT2D eigenvalue weighted by Gasteiger charge is -2.11. The molecule has 0 spiro atoms. The summed E-state index contributed by atoms with van der Waals surface area (Å²) in [7, 11) is 0. The van der Waals surface area contributed by atoms with Crippen LogP contribution in [0.3, 0.4) is 0 Å². The van der Waals surface area contributed by atoms with Crippen LogP contribution in [0, 0.1) is 17.3 Å². The molecule has 0 aliphatic carbocycles. The number of anilines is 1. The lowest BCUT2D eigenvalue weighted by Crippen LogP contribution is -2.12. The highest BCUT2D eigenvalue weighted by Gasteiger charge is 2.18. The minimum Gasteiger partial charge on any atom is -0.365 e. The van der Waals surface area contributed by atoms with Crippen LogP contribution in [0.5, 0.6) is 0 Å². The van der Waals surface area contributed by atoms with Crippen LogP contribution < -0.4 is 5.32 Å². The Balaban J connectivity index is 1.55. The van der Waals surface area contributed by atoms with E-state index in [2.05, 4.69) is 20.4 Å². The fraction of sp³-hybridized carbons (Fsp3) is 0.0909. The van der Waals surface area contributed by atoms with Crippen LogP contribution in [0.4, 0.5) is 14.6 Å². The summed E-state index contributed by atoms with van der Waals surface area (Å²) >= 11 is 0. The van der Waals surface area contributed by atoms with Crippen molar-refractivity contribution in [2.24, 2.45) is 0 Å². The van der Waals surface area contributed by atoms with Gasteiger partial charge in [0, 0.05) is 23.9 Å². The number of hydrogen-bond acceptors (Lipinski definition) is 5. The summed E-state index contributed by atoms with van der Waals surface area (Å²) in [6, 6.07) is 19.0. The maximum atomic E-state index is 14.3. The fourth-order valence-electron chi connectivity index (χ4n) is 2.97. The Kier molecular flexibility index (Phi) is 5.56. The van der Waals surface area contributed by atoms with Crippen molar-refractivity contribution >= 4 is 11.5 Å². The Morgan fingerprint density at radius 3 is 2.53 bits per heavy atom. The third kappa shape index (κ3) is 4.22. The van der Waals surface area contributed by atoms with Crippen molar-refractivity contribution in [2.45, 2.75) is 13.1 Å². The monoisotopic (exact) mass is 404 g/mol. The van der Waals surface area contributed by atoms with E-state index in [0.717, 1.165) is 10.2 Å². The molecule has 4 aromatic rings. The number of benzene rings is 2. The molecule has 0 unspecified atom stereocenters. The number of pyridine rings is 1. The first-order valence-electron chi connectivity index (χ1n) is 9.27. The number of rotatable bonds is 7. The van der Waals surface area contributed by atoms with Gasteiger partial charge in [0.1, 0.15) is 17.3 Å². The molecule has 2 aromatic carbocycles. The van der Waals surface area contributed by atoms with Gasteiger partial charge >= 0.3 is 6.08 Å². The molecular formula is C22H18F2N6. The molecule has 6 nitrogen and oxygen atoms in total. The van der Waals surface area contributed by atoms with E-state index in [9.17, 15) is 8.78 Å². The first-order chi connectivity index (χ1) is 14.6. The van der Waals surface area contributed by atoms with Crippen molar-refractivity contribution in [2.75, 3.05) is 5.32 Å². The maximum Gasteiger partial charge on any atom is 0.308 e. The van der Waals surface area contributed by atoms with Gasteiger partial charge < -0.3 is 5.32 Å². The van der Waals surface area contributed by atoms with Gasteiger partial charge in [-0.2, -0.15) is 9.37 Å². The molecule has 150 valence electrons. The minimum atomic E-state index is -0.775. The van der Waals surface area contributed by atoms with E-state index in [1.165, 1.54) is 6.07 Å². The van der Waals surface area contributed by atoms with Crippen LogP contribution in [0.2, 0.25) is 0 Å².